The number of rotatable bonds is 1. The molecule has 0 aromatic heterocycles. The van der Waals surface area contributed by atoms with Crippen molar-refractivity contribution < 1.29 is 27.8 Å². The predicted octanol–water partition coefficient (Wildman–Crippen LogP) is 1.07. The number of sulfone groups is 1. The fourth-order valence-electron chi connectivity index (χ4n) is 2.90. The van der Waals surface area contributed by atoms with Crippen molar-refractivity contribution in [3.05, 3.63) is 28.8 Å². The van der Waals surface area contributed by atoms with Gasteiger partial charge in [0, 0.05) is 12.0 Å². The minimum atomic E-state index is -3.42. The highest BCUT2D eigenvalue weighted by Crippen LogP contribution is 2.45. The average Bonchev–Trinajstić information content (AvgIpc) is 2.84. The lowest BCUT2D eigenvalue weighted by Crippen LogP contribution is -2.37. The molecule has 108 valence electrons. The van der Waals surface area contributed by atoms with Crippen LogP contribution in [0, 0.1) is 6.92 Å². The number of hydrogen-bond acceptors (Lipinski definition) is 5. The quantitative estimate of drug-likeness (QED) is 0.834. The molecule has 2 heterocycles. The van der Waals surface area contributed by atoms with Crippen molar-refractivity contribution in [1.29, 1.82) is 0 Å². The van der Waals surface area contributed by atoms with Crippen LogP contribution in [0.2, 0.25) is 0 Å². The third-order valence-electron chi connectivity index (χ3n) is 3.83. The van der Waals surface area contributed by atoms with Gasteiger partial charge in [-0.3, -0.25) is 0 Å². The van der Waals surface area contributed by atoms with Crippen molar-refractivity contribution in [2.45, 2.75) is 24.0 Å². The summed E-state index contributed by atoms with van der Waals surface area (Å²) in [7, 11) is -3.42. The zero-order valence-electron chi connectivity index (χ0n) is 10.9. The first-order valence-electron chi connectivity index (χ1n) is 6.25. The Balaban J connectivity index is 2.33. The largest absolute Gasteiger partial charge is 0.478 e. The second kappa shape index (κ2) is 4.28. The molecule has 0 bridgehead atoms. The van der Waals surface area contributed by atoms with E-state index >= 15 is 0 Å². The van der Waals surface area contributed by atoms with Crippen molar-refractivity contribution in [3.8, 4) is 0 Å². The zero-order chi connectivity index (χ0) is 14.5. The van der Waals surface area contributed by atoms with Gasteiger partial charge in [0.15, 0.2) is 15.6 Å². The zero-order valence-corrected chi connectivity index (χ0v) is 11.7. The van der Waals surface area contributed by atoms with E-state index in [0.717, 1.165) is 0 Å². The summed E-state index contributed by atoms with van der Waals surface area (Å²) >= 11 is 0. The smallest absolute Gasteiger partial charge is 0.335 e. The number of aromatic carboxylic acids is 1. The van der Waals surface area contributed by atoms with Crippen molar-refractivity contribution in [1.82, 2.24) is 0 Å². The summed E-state index contributed by atoms with van der Waals surface area (Å²) in [6, 6.07) is 2.66. The molecule has 1 aromatic carbocycles. The molecule has 0 saturated carbocycles. The standard InChI is InChI=1S/C13H14O6S/c1-8-9(12(14)15)2-3-10-11(8)13(18-5-6-19-13)4-7-20(10,16)17/h2-3H,4-7H2,1H3,(H,14,15). The number of carbonyl (C=O) groups is 1. The Bertz CT molecular complexity index is 685. The molecular weight excluding hydrogens is 284 g/mol. The molecule has 1 N–H and O–H groups in total. The summed E-state index contributed by atoms with van der Waals surface area (Å²) in [4.78, 5) is 11.4. The van der Waals surface area contributed by atoms with Gasteiger partial charge in [-0.15, -0.1) is 0 Å². The van der Waals surface area contributed by atoms with Crippen LogP contribution in [0.4, 0.5) is 0 Å². The van der Waals surface area contributed by atoms with Crippen LogP contribution in [0.5, 0.6) is 0 Å². The van der Waals surface area contributed by atoms with Gasteiger partial charge in [-0.05, 0) is 24.6 Å². The summed E-state index contributed by atoms with van der Waals surface area (Å²) < 4.78 is 35.7. The Labute approximate surface area is 116 Å². The molecule has 2 aliphatic rings. The number of carboxylic acid groups (broad SMARTS) is 1. The summed E-state index contributed by atoms with van der Waals surface area (Å²) in [5.41, 5.74) is 0.806. The first-order valence-corrected chi connectivity index (χ1v) is 7.91. The van der Waals surface area contributed by atoms with Crippen molar-refractivity contribution in [3.63, 3.8) is 0 Å². The summed E-state index contributed by atoms with van der Waals surface area (Å²) in [5.74, 6) is -2.27. The third-order valence-corrected chi connectivity index (χ3v) is 5.58. The van der Waals surface area contributed by atoms with Crippen LogP contribution in [0.1, 0.15) is 27.9 Å². The highest BCUT2D eigenvalue weighted by Gasteiger charge is 2.48. The Kier molecular flexibility index (Phi) is 2.89. The molecule has 0 radical (unpaired) electrons. The molecule has 20 heavy (non-hydrogen) atoms. The molecular formula is C13H14O6S. The second-order valence-corrected chi connectivity index (χ2v) is 7.01. The van der Waals surface area contributed by atoms with E-state index in [0.29, 0.717) is 24.3 Å². The number of hydrogen-bond donors (Lipinski definition) is 1. The van der Waals surface area contributed by atoms with E-state index in [2.05, 4.69) is 0 Å². The van der Waals surface area contributed by atoms with E-state index in [9.17, 15) is 18.3 Å². The van der Waals surface area contributed by atoms with Crippen LogP contribution >= 0.6 is 0 Å². The number of benzene rings is 1. The molecule has 7 heteroatoms. The highest BCUT2D eigenvalue weighted by molar-refractivity contribution is 7.91. The Morgan fingerprint density at radius 3 is 2.55 bits per heavy atom. The molecule has 0 atom stereocenters. The van der Waals surface area contributed by atoms with Crippen LogP contribution in [-0.2, 0) is 25.1 Å². The van der Waals surface area contributed by atoms with Gasteiger partial charge < -0.3 is 14.6 Å². The molecule has 0 amide bonds. The van der Waals surface area contributed by atoms with Gasteiger partial charge in [0.25, 0.3) is 0 Å². The minimum Gasteiger partial charge on any atom is -0.478 e. The summed E-state index contributed by atoms with van der Waals surface area (Å²) in [6.07, 6.45) is 0.187. The number of carboxylic acids is 1. The lowest BCUT2D eigenvalue weighted by atomic mass is 9.93. The lowest BCUT2D eigenvalue weighted by molar-refractivity contribution is -0.170. The second-order valence-electron chi connectivity index (χ2n) is 4.94. The van der Waals surface area contributed by atoms with Gasteiger partial charge in [-0.25, -0.2) is 13.2 Å². The van der Waals surface area contributed by atoms with E-state index < -0.39 is 21.6 Å². The van der Waals surface area contributed by atoms with Gasteiger partial charge in [0.1, 0.15) is 0 Å². The van der Waals surface area contributed by atoms with E-state index in [1.807, 2.05) is 0 Å². The number of fused-ring (bicyclic) bond motifs is 2. The Morgan fingerprint density at radius 1 is 1.30 bits per heavy atom. The van der Waals surface area contributed by atoms with Gasteiger partial charge in [0.2, 0.25) is 0 Å². The third kappa shape index (κ3) is 1.77. The van der Waals surface area contributed by atoms with Crippen molar-refractivity contribution in [2.24, 2.45) is 0 Å². The van der Waals surface area contributed by atoms with Gasteiger partial charge in [0.05, 0.1) is 29.4 Å². The molecule has 3 rings (SSSR count). The maximum Gasteiger partial charge on any atom is 0.335 e. The van der Waals surface area contributed by atoms with Crippen LogP contribution in [-0.4, -0.2) is 38.5 Å². The van der Waals surface area contributed by atoms with Crippen molar-refractivity contribution in [2.75, 3.05) is 19.0 Å². The maximum absolute atomic E-state index is 12.2. The monoisotopic (exact) mass is 298 g/mol. The summed E-state index contributed by atoms with van der Waals surface area (Å²) in [6.45, 7) is 2.34. The summed E-state index contributed by atoms with van der Waals surface area (Å²) in [5, 5.41) is 9.20. The van der Waals surface area contributed by atoms with E-state index in [4.69, 9.17) is 9.47 Å². The highest BCUT2D eigenvalue weighted by atomic mass is 32.2. The van der Waals surface area contributed by atoms with E-state index in [1.165, 1.54) is 12.1 Å². The maximum atomic E-state index is 12.2. The van der Waals surface area contributed by atoms with E-state index in [-0.39, 0.29) is 22.6 Å². The normalized spacial score (nSPS) is 22.6. The number of ether oxygens (including phenoxy) is 2. The molecule has 1 saturated heterocycles. The molecule has 2 aliphatic heterocycles. The van der Waals surface area contributed by atoms with Gasteiger partial charge >= 0.3 is 5.97 Å². The fraction of sp³-hybridized carbons (Fsp3) is 0.462. The molecule has 1 fully saturated rings. The molecule has 0 unspecified atom stereocenters. The fourth-order valence-corrected chi connectivity index (χ4v) is 4.55. The Morgan fingerprint density at radius 2 is 1.95 bits per heavy atom. The molecule has 1 aromatic rings. The topological polar surface area (TPSA) is 89.9 Å². The average molecular weight is 298 g/mol. The van der Waals surface area contributed by atoms with Crippen LogP contribution in [0.3, 0.4) is 0 Å². The molecule has 1 spiro atoms. The molecule has 6 nitrogen and oxygen atoms in total. The Hall–Kier alpha value is -1.44. The first kappa shape index (κ1) is 13.5. The van der Waals surface area contributed by atoms with Crippen molar-refractivity contribution >= 4 is 15.8 Å². The SMILES string of the molecule is Cc1c(C(=O)O)ccc2c1C1(CCS2(=O)=O)OCCO1. The van der Waals surface area contributed by atoms with Crippen LogP contribution in [0.25, 0.3) is 0 Å². The van der Waals surface area contributed by atoms with Crippen LogP contribution < -0.4 is 0 Å². The van der Waals surface area contributed by atoms with Gasteiger partial charge in [-0.2, -0.15) is 0 Å². The van der Waals surface area contributed by atoms with Crippen LogP contribution in [0.15, 0.2) is 17.0 Å². The lowest BCUT2D eigenvalue weighted by Gasteiger charge is -2.35. The first-order chi connectivity index (χ1) is 9.37. The minimum absolute atomic E-state index is 0.0636. The molecule has 0 aliphatic carbocycles. The van der Waals surface area contributed by atoms with E-state index in [1.54, 1.807) is 6.92 Å². The van der Waals surface area contributed by atoms with Gasteiger partial charge in [-0.1, -0.05) is 0 Å². The predicted molar refractivity (Wildman–Crippen MR) is 68.4 cm³/mol.